The van der Waals surface area contributed by atoms with Crippen molar-refractivity contribution in [3.63, 3.8) is 0 Å². The molecule has 0 aliphatic heterocycles. The molecule has 0 rings (SSSR count). The zero-order valence-corrected chi connectivity index (χ0v) is 5.43. The number of hydrogen-bond donors (Lipinski definition) is 0. The maximum Gasteiger partial charge on any atom is 0.0411 e. The number of methoxy groups -OCH3 is 1. The first kappa shape index (κ1) is 10.4. The minimum Gasteiger partial charge on any atom is -0.550 e. The summed E-state index contributed by atoms with van der Waals surface area (Å²) in [4.78, 5) is 9.26. The lowest BCUT2D eigenvalue weighted by molar-refractivity contribution is -0.305. The van der Waals surface area contributed by atoms with Crippen LogP contribution in [0.15, 0.2) is 0 Å². The van der Waals surface area contributed by atoms with Crippen molar-refractivity contribution in [1.82, 2.24) is 0 Å². The van der Waals surface area contributed by atoms with Crippen LogP contribution in [0.3, 0.4) is 0 Å². The summed E-state index contributed by atoms with van der Waals surface area (Å²) in [5.74, 6) is -0.995. The molecular formula is C5H11O3-. The smallest absolute Gasteiger partial charge is 0.0411 e. The van der Waals surface area contributed by atoms with Crippen molar-refractivity contribution < 1.29 is 14.6 Å². The molecule has 0 N–H and O–H groups in total. The van der Waals surface area contributed by atoms with Crippen molar-refractivity contribution in [2.75, 3.05) is 14.2 Å². The van der Waals surface area contributed by atoms with Gasteiger partial charge in [-0.05, 0) is 6.42 Å². The Labute approximate surface area is 49.3 Å². The molecule has 3 heteroatoms. The van der Waals surface area contributed by atoms with Gasteiger partial charge < -0.3 is 14.6 Å². The standard InChI is InChI=1S/C3H6O2.C2H6O/c1-2-3(4)5;1-3-2/h2H2,1H3,(H,4,5);1-2H3/p-1. The van der Waals surface area contributed by atoms with Crippen LogP contribution in [0.2, 0.25) is 0 Å². The van der Waals surface area contributed by atoms with Gasteiger partial charge in [-0.15, -0.1) is 0 Å². The van der Waals surface area contributed by atoms with E-state index in [1.807, 2.05) is 0 Å². The van der Waals surface area contributed by atoms with E-state index in [9.17, 15) is 9.90 Å². The van der Waals surface area contributed by atoms with Crippen molar-refractivity contribution in [2.24, 2.45) is 0 Å². The molecule has 0 saturated carbocycles. The molecule has 0 fully saturated rings. The minimum atomic E-state index is -0.995. The highest BCUT2D eigenvalue weighted by Gasteiger charge is 1.65. The third-order valence-electron chi connectivity index (χ3n) is 0.289. The highest BCUT2D eigenvalue weighted by molar-refractivity contribution is 5.63. The SMILES string of the molecule is CCC(=O)[O-].COC. The Morgan fingerprint density at radius 2 is 1.75 bits per heavy atom. The third kappa shape index (κ3) is 52.1. The summed E-state index contributed by atoms with van der Waals surface area (Å²) in [6, 6.07) is 0. The molecule has 0 radical (unpaired) electrons. The molecule has 0 atom stereocenters. The van der Waals surface area contributed by atoms with E-state index in [0.717, 1.165) is 0 Å². The highest BCUT2D eigenvalue weighted by Crippen LogP contribution is 1.61. The molecule has 0 aliphatic carbocycles. The van der Waals surface area contributed by atoms with Gasteiger partial charge in [0.1, 0.15) is 0 Å². The van der Waals surface area contributed by atoms with Crippen LogP contribution < -0.4 is 5.11 Å². The van der Waals surface area contributed by atoms with Gasteiger partial charge in [0.15, 0.2) is 0 Å². The zero-order valence-electron chi connectivity index (χ0n) is 5.43. The van der Waals surface area contributed by atoms with Gasteiger partial charge in [0.2, 0.25) is 0 Å². The largest absolute Gasteiger partial charge is 0.550 e. The number of carbonyl (C=O) groups is 1. The van der Waals surface area contributed by atoms with Crippen LogP contribution in [0.5, 0.6) is 0 Å². The summed E-state index contributed by atoms with van der Waals surface area (Å²) >= 11 is 0. The number of carboxylic acids is 1. The van der Waals surface area contributed by atoms with Crippen molar-refractivity contribution in [1.29, 1.82) is 0 Å². The summed E-state index contributed by atoms with van der Waals surface area (Å²) < 4.78 is 4.25. The second-order valence-electron chi connectivity index (χ2n) is 1.13. The minimum absolute atomic E-state index is 0.111. The lowest BCUT2D eigenvalue weighted by Crippen LogP contribution is -2.19. The van der Waals surface area contributed by atoms with Gasteiger partial charge in [0.25, 0.3) is 0 Å². The molecule has 0 amide bonds. The highest BCUT2D eigenvalue weighted by atomic mass is 16.4. The molecule has 0 aliphatic rings. The molecule has 0 aromatic carbocycles. The fourth-order valence-electron chi connectivity index (χ4n) is 0. The van der Waals surface area contributed by atoms with E-state index in [4.69, 9.17) is 0 Å². The average molecular weight is 119 g/mol. The van der Waals surface area contributed by atoms with Gasteiger partial charge in [0.05, 0.1) is 0 Å². The Morgan fingerprint density at radius 3 is 1.75 bits per heavy atom. The summed E-state index contributed by atoms with van der Waals surface area (Å²) in [7, 11) is 3.25. The molecule has 0 heterocycles. The number of ether oxygens (including phenoxy) is 1. The van der Waals surface area contributed by atoms with E-state index in [-0.39, 0.29) is 6.42 Å². The third-order valence-corrected chi connectivity index (χ3v) is 0.289. The van der Waals surface area contributed by atoms with Gasteiger partial charge in [0, 0.05) is 20.2 Å². The number of hydrogen-bond acceptors (Lipinski definition) is 3. The van der Waals surface area contributed by atoms with E-state index in [0.29, 0.717) is 0 Å². The Hall–Kier alpha value is -0.570. The molecule has 0 aromatic rings. The maximum atomic E-state index is 9.26. The van der Waals surface area contributed by atoms with Crippen LogP contribution in [0.25, 0.3) is 0 Å². The predicted octanol–water partition coefficient (Wildman–Crippen LogP) is -0.591. The Balaban J connectivity index is 0. The first-order valence-electron chi connectivity index (χ1n) is 2.29. The molecule has 50 valence electrons. The number of carbonyl (C=O) groups excluding carboxylic acids is 1. The quantitative estimate of drug-likeness (QED) is 0.463. The van der Waals surface area contributed by atoms with Crippen molar-refractivity contribution >= 4 is 5.97 Å². The Morgan fingerprint density at radius 1 is 1.62 bits per heavy atom. The Kier molecular flexibility index (Phi) is 12.6. The van der Waals surface area contributed by atoms with E-state index >= 15 is 0 Å². The van der Waals surface area contributed by atoms with Gasteiger partial charge >= 0.3 is 0 Å². The summed E-state index contributed by atoms with van der Waals surface area (Å²) in [6.07, 6.45) is 0.111. The van der Waals surface area contributed by atoms with Gasteiger partial charge in [-0.3, -0.25) is 0 Å². The van der Waals surface area contributed by atoms with Crippen LogP contribution in [-0.4, -0.2) is 20.2 Å². The maximum absolute atomic E-state index is 9.26. The zero-order chi connectivity index (χ0) is 6.99. The monoisotopic (exact) mass is 119 g/mol. The number of carboxylic acid groups (broad SMARTS) is 1. The van der Waals surface area contributed by atoms with Gasteiger partial charge in [-0.1, -0.05) is 6.92 Å². The van der Waals surface area contributed by atoms with Crippen LogP contribution in [-0.2, 0) is 9.53 Å². The molecule has 0 spiro atoms. The fraction of sp³-hybridized carbons (Fsp3) is 0.800. The van der Waals surface area contributed by atoms with Crippen LogP contribution in [0.1, 0.15) is 13.3 Å². The lowest BCUT2D eigenvalue weighted by atomic mass is 10.5. The molecule has 0 unspecified atom stereocenters. The van der Waals surface area contributed by atoms with Crippen molar-refractivity contribution in [2.45, 2.75) is 13.3 Å². The van der Waals surface area contributed by atoms with Gasteiger partial charge in [-0.25, -0.2) is 0 Å². The molecule has 8 heavy (non-hydrogen) atoms. The average Bonchev–Trinajstić information content (AvgIpc) is 1.69. The fourth-order valence-corrected chi connectivity index (χ4v) is 0. The molecule has 0 saturated heterocycles. The van der Waals surface area contributed by atoms with Crippen LogP contribution in [0.4, 0.5) is 0 Å². The second-order valence-corrected chi connectivity index (χ2v) is 1.13. The van der Waals surface area contributed by atoms with E-state index in [1.54, 1.807) is 14.2 Å². The predicted molar refractivity (Wildman–Crippen MR) is 28.2 cm³/mol. The van der Waals surface area contributed by atoms with Crippen molar-refractivity contribution in [3.8, 4) is 0 Å². The summed E-state index contributed by atoms with van der Waals surface area (Å²) in [5, 5.41) is 9.26. The van der Waals surface area contributed by atoms with E-state index < -0.39 is 5.97 Å². The lowest BCUT2D eigenvalue weighted by Gasteiger charge is -1.87. The second kappa shape index (κ2) is 9.66. The molecule has 0 bridgehead atoms. The molecule has 3 nitrogen and oxygen atoms in total. The Bertz CT molecular complexity index is 51.6. The van der Waals surface area contributed by atoms with E-state index in [2.05, 4.69) is 4.74 Å². The number of aliphatic carboxylic acids is 1. The first-order valence-corrected chi connectivity index (χ1v) is 2.29. The molecule has 0 aromatic heterocycles. The van der Waals surface area contributed by atoms with Crippen molar-refractivity contribution in [3.05, 3.63) is 0 Å². The summed E-state index contributed by atoms with van der Waals surface area (Å²) in [6.45, 7) is 1.54. The van der Waals surface area contributed by atoms with Crippen LogP contribution in [0, 0.1) is 0 Å². The first-order chi connectivity index (χ1) is 3.68. The topological polar surface area (TPSA) is 49.4 Å². The van der Waals surface area contributed by atoms with Crippen LogP contribution >= 0.6 is 0 Å². The summed E-state index contributed by atoms with van der Waals surface area (Å²) in [5.41, 5.74) is 0. The molecular weight excluding hydrogens is 108 g/mol. The van der Waals surface area contributed by atoms with E-state index in [1.165, 1.54) is 6.92 Å². The van der Waals surface area contributed by atoms with Gasteiger partial charge in [-0.2, -0.15) is 0 Å². The normalized spacial score (nSPS) is 6.88. The number of rotatable bonds is 1.